The molecule has 2 heterocycles. The van der Waals surface area contributed by atoms with Crippen molar-refractivity contribution in [3.63, 3.8) is 0 Å². The highest BCUT2D eigenvalue weighted by molar-refractivity contribution is 6.04. The van der Waals surface area contributed by atoms with Gasteiger partial charge >= 0.3 is 0 Å². The van der Waals surface area contributed by atoms with Crippen LogP contribution in [-0.2, 0) is 6.54 Å². The zero-order valence-corrected chi connectivity index (χ0v) is 14.8. The Bertz CT molecular complexity index is 1090. The largest absolute Gasteiger partial charge is 0.497 e. The summed E-state index contributed by atoms with van der Waals surface area (Å²) < 4.78 is 6.95. The molecule has 134 valence electrons. The van der Waals surface area contributed by atoms with Crippen LogP contribution < -0.4 is 10.1 Å². The first-order valence-electron chi connectivity index (χ1n) is 8.53. The van der Waals surface area contributed by atoms with Crippen molar-refractivity contribution in [3.05, 3.63) is 84.3 Å². The molecule has 1 N–H and O–H groups in total. The number of carbonyl (C=O) groups excluding carboxylic acids is 1. The van der Waals surface area contributed by atoms with Crippen LogP contribution in [0, 0.1) is 0 Å². The maximum absolute atomic E-state index is 12.5. The van der Waals surface area contributed by atoms with E-state index in [4.69, 9.17) is 4.74 Å². The van der Waals surface area contributed by atoms with E-state index in [2.05, 4.69) is 15.4 Å². The van der Waals surface area contributed by atoms with Gasteiger partial charge in [-0.1, -0.05) is 30.3 Å². The molecule has 6 nitrogen and oxygen atoms in total. The predicted molar refractivity (Wildman–Crippen MR) is 104 cm³/mol. The highest BCUT2D eigenvalue weighted by Gasteiger charge is 2.10. The molecule has 0 saturated heterocycles. The number of nitrogens with one attached hydrogen (secondary N) is 1. The second kappa shape index (κ2) is 7.29. The van der Waals surface area contributed by atoms with Gasteiger partial charge in [-0.3, -0.25) is 14.5 Å². The van der Waals surface area contributed by atoms with Crippen LogP contribution in [0.25, 0.3) is 10.9 Å². The highest BCUT2D eigenvalue weighted by Crippen LogP contribution is 2.22. The second-order valence-corrected chi connectivity index (χ2v) is 6.15. The number of benzene rings is 2. The van der Waals surface area contributed by atoms with E-state index in [1.165, 1.54) is 0 Å². The monoisotopic (exact) mass is 358 g/mol. The minimum atomic E-state index is -0.219. The van der Waals surface area contributed by atoms with Crippen molar-refractivity contribution in [1.82, 2.24) is 14.8 Å². The van der Waals surface area contributed by atoms with Gasteiger partial charge in [0.05, 0.1) is 42.8 Å². The SMILES string of the molecule is COc1ccc2cc(NC(=O)c3cnn(Cc4ccccc4)c3)cnc2c1. The molecule has 2 aromatic heterocycles. The standard InChI is InChI=1S/C21H18N4O2/c1-27-19-8-7-16-9-18(12-22-20(16)10-19)24-21(26)17-11-23-25(14-17)13-15-5-3-2-4-6-15/h2-12,14H,13H2,1H3,(H,24,26). The lowest BCUT2D eigenvalue weighted by Gasteiger charge is -2.06. The summed E-state index contributed by atoms with van der Waals surface area (Å²) in [5.41, 5.74) is 3.07. The first-order valence-corrected chi connectivity index (χ1v) is 8.53. The second-order valence-electron chi connectivity index (χ2n) is 6.15. The van der Waals surface area contributed by atoms with Crippen molar-refractivity contribution < 1.29 is 9.53 Å². The van der Waals surface area contributed by atoms with Gasteiger partial charge in [0.1, 0.15) is 5.75 Å². The number of hydrogen-bond donors (Lipinski definition) is 1. The van der Waals surface area contributed by atoms with Crippen molar-refractivity contribution in [2.75, 3.05) is 12.4 Å². The lowest BCUT2D eigenvalue weighted by Crippen LogP contribution is -2.11. The topological polar surface area (TPSA) is 69.0 Å². The number of fused-ring (bicyclic) bond motifs is 1. The summed E-state index contributed by atoms with van der Waals surface area (Å²) in [6, 6.07) is 17.5. The quantitative estimate of drug-likeness (QED) is 0.590. The Morgan fingerprint density at radius 3 is 2.78 bits per heavy atom. The summed E-state index contributed by atoms with van der Waals surface area (Å²) in [5, 5.41) is 8.06. The van der Waals surface area contributed by atoms with Crippen molar-refractivity contribution in [1.29, 1.82) is 0 Å². The van der Waals surface area contributed by atoms with E-state index in [1.54, 1.807) is 30.4 Å². The maximum atomic E-state index is 12.5. The Kier molecular flexibility index (Phi) is 4.53. The molecule has 4 aromatic rings. The van der Waals surface area contributed by atoms with Gasteiger partial charge in [0.2, 0.25) is 0 Å². The van der Waals surface area contributed by atoms with Crippen LogP contribution in [0.4, 0.5) is 5.69 Å². The molecule has 0 fully saturated rings. The molecule has 0 radical (unpaired) electrons. The average molecular weight is 358 g/mol. The minimum absolute atomic E-state index is 0.219. The molecule has 6 heteroatoms. The van der Waals surface area contributed by atoms with Gasteiger partial charge in [-0.25, -0.2) is 0 Å². The number of carbonyl (C=O) groups is 1. The summed E-state index contributed by atoms with van der Waals surface area (Å²) in [4.78, 5) is 16.9. The van der Waals surface area contributed by atoms with Gasteiger partial charge in [0.15, 0.2) is 0 Å². The number of hydrogen-bond acceptors (Lipinski definition) is 4. The normalized spacial score (nSPS) is 10.7. The van der Waals surface area contributed by atoms with Crippen LogP contribution in [0.2, 0.25) is 0 Å². The van der Waals surface area contributed by atoms with Crippen molar-refractivity contribution in [3.8, 4) is 5.75 Å². The third kappa shape index (κ3) is 3.79. The van der Waals surface area contributed by atoms with Gasteiger partial charge in [0.25, 0.3) is 5.91 Å². The summed E-state index contributed by atoms with van der Waals surface area (Å²) in [6.07, 6.45) is 4.94. The van der Waals surface area contributed by atoms with E-state index >= 15 is 0 Å². The summed E-state index contributed by atoms with van der Waals surface area (Å²) in [7, 11) is 1.62. The van der Waals surface area contributed by atoms with E-state index < -0.39 is 0 Å². The Labute approximate surface area is 156 Å². The fraction of sp³-hybridized carbons (Fsp3) is 0.0952. The Hall–Kier alpha value is -3.67. The lowest BCUT2D eigenvalue weighted by molar-refractivity contribution is 0.102. The van der Waals surface area contributed by atoms with Crippen LogP contribution in [0.1, 0.15) is 15.9 Å². The maximum Gasteiger partial charge on any atom is 0.258 e. The van der Waals surface area contributed by atoms with Gasteiger partial charge < -0.3 is 10.1 Å². The molecule has 2 aromatic carbocycles. The molecule has 1 amide bonds. The molecule has 0 aliphatic carbocycles. The number of methoxy groups -OCH3 is 1. The van der Waals surface area contributed by atoms with Crippen molar-refractivity contribution >= 4 is 22.5 Å². The first kappa shape index (κ1) is 16.8. The Morgan fingerprint density at radius 2 is 1.96 bits per heavy atom. The average Bonchev–Trinajstić information content (AvgIpc) is 3.17. The zero-order chi connectivity index (χ0) is 18.6. The van der Waals surface area contributed by atoms with E-state index in [0.717, 1.165) is 22.2 Å². The van der Waals surface area contributed by atoms with Gasteiger partial charge in [-0.15, -0.1) is 0 Å². The van der Waals surface area contributed by atoms with Gasteiger partial charge in [-0.05, 0) is 23.8 Å². The third-order valence-electron chi connectivity index (χ3n) is 4.23. The van der Waals surface area contributed by atoms with Crippen molar-refractivity contribution in [2.45, 2.75) is 6.54 Å². The Balaban J connectivity index is 1.48. The number of nitrogens with zero attached hydrogens (tertiary/aromatic N) is 3. The number of amides is 1. The molecular formula is C21H18N4O2. The summed E-state index contributed by atoms with van der Waals surface area (Å²) in [6.45, 7) is 0.619. The fourth-order valence-corrected chi connectivity index (χ4v) is 2.84. The van der Waals surface area contributed by atoms with Crippen LogP contribution in [0.3, 0.4) is 0 Å². The van der Waals surface area contributed by atoms with E-state index in [9.17, 15) is 4.79 Å². The van der Waals surface area contributed by atoms with E-state index in [1.807, 2.05) is 54.6 Å². The number of aromatic nitrogens is 3. The number of ether oxygens (including phenoxy) is 1. The molecule has 0 bridgehead atoms. The van der Waals surface area contributed by atoms with Crippen molar-refractivity contribution in [2.24, 2.45) is 0 Å². The van der Waals surface area contributed by atoms with Gasteiger partial charge in [-0.2, -0.15) is 5.10 Å². The molecule has 0 aliphatic heterocycles. The molecular weight excluding hydrogens is 340 g/mol. The number of anilines is 1. The van der Waals surface area contributed by atoms with Crippen LogP contribution in [0.5, 0.6) is 5.75 Å². The fourth-order valence-electron chi connectivity index (χ4n) is 2.84. The van der Waals surface area contributed by atoms with E-state index in [-0.39, 0.29) is 5.91 Å². The van der Waals surface area contributed by atoms with E-state index in [0.29, 0.717) is 17.8 Å². The zero-order valence-electron chi connectivity index (χ0n) is 14.8. The molecule has 0 atom stereocenters. The summed E-state index contributed by atoms with van der Waals surface area (Å²) in [5.74, 6) is 0.529. The Morgan fingerprint density at radius 1 is 1.11 bits per heavy atom. The number of pyridine rings is 1. The van der Waals surface area contributed by atoms with Crippen LogP contribution in [-0.4, -0.2) is 27.8 Å². The number of rotatable bonds is 5. The summed E-state index contributed by atoms with van der Waals surface area (Å²) >= 11 is 0. The molecule has 0 spiro atoms. The van der Waals surface area contributed by atoms with Crippen LogP contribution in [0.15, 0.2) is 73.2 Å². The van der Waals surface area contributed by atoms with Crippen LogP contribution >= 0.6 is 0 Å². The molecule has 4 rings (SSSR count). The third-order valence-corrected chi connectivity index (χ3v) is 4.23. The minimum Gasteiger partial charge on any atom is -0.497 e. The first-order chi connectivity index (χ1) is 13.2. The highest BCUT2D eigenvalue weighted by atomic mass is 16.5. The molecule has 27 heavy (non-hydrogen) atoms. The lowest BCUT2D eigenvalue weighted by atomic mass is 10.2. The molecule has 0 unspecified atom stereocenters. The smallest absolute Gasteiger partial charge is 0.258 e. The molecule has 0 saturated carbocycles. The van der Waals surface area contributed by atoms with Gasteiger partial charge in [0, 0.05) is 17.6 Å². The predicted octanol–water partition coefficient (Wildman–Crippen LogP) is 3.74. The molecule has 0 aliphatic rings.